The summed E-state index contributed by atoms with van der Waals surface area (Å²) in [4.78, 5) is 27.3. The van der Waals surface area contributed by atoms with Gasteiger partial charge in [-0.1, -0.05) is 50.9 Å². The first-order chi connectivity index (χ1) is 28.1. The first-order valence-corrected chi connectivity index (χ1v) is 21.2. The molecule has 4 aliphatic carbocycles. The van der Waals surface area contributed by atoms with E-state index < -0.39 is 17.1 Å². The van der Waals surface area contributed by atoms with Gasteiger partial charge >= 0.3 is 0 Å². The quantitative estimate of drug-likeness (QED) is 0.0717. The highest BCUT2D eigenvalue weighted by molar-refractivity contribution is 6.33. The fourth-order valence-corrected chi connectivity index (χ4v) is 11.7. The summed E-state index contributed by atoms with van der Waals surface area (Å²) < 4.78 is 12.7. The molecule has 10 atom stereocenters. The van der Waals surface area contributed by atoms with Crippen LogP contribution in [-0.4, -0.2) is 63.9 Å². The van der Waals surface area contributed by atoms with Gasteiger partial charge in [-0.05, 0) is 93.9 Å². The Labute approximate surface area is 350 Å². The third kappa shape index (κ3) is 5.65. The zero-order valence-corrected chi connectivity index (χ0v) is 35.3. The molecule has 14 nitrogen and oxygen atoms in total. The van der Waals surface area contributed by atoms with E-state index in [1.807, 2.05) is 25.1 Å². The summed E-state index contributed by atoms with van der Waals surface area (Å²) in [5, 5.41) is 31.6. The van der Waals surface area contributed by atoms with Crippen LogP contribution in [0.5, 0.6) is 0 Å². The molecule has 0 bridgehead atoms. The lowest BCUT2D eigenvalue weighted by molar-refractivity contribution is 0.149. The highest BCUT2D eigenvalue weighted by Gasteiger charge is 2.76. The summed E-state index contributed by atoms with van der Waals surface area (Å²) in [7, 11) is 0. The minimum atomic E-state index is -0.586. The van der Waals surface area contributed by atoms with E-state index in [0.29, 0.717) is 51.9 Å². The summed E-state index contributed by atoms with van der Waals surface area (Å²) in [5.41, 5.74) is 15.9. The van der Waals surface area contributed by atoms with Crippen LogP contribution < -0.4 is 22.1 Å². The third-order valence-corrected chi connectivity index (χ3v) is 15.4. The van der Waals surface area contributed by atoms with E-state index >= 15 is 0 Å². The fraction of sp³-hybridized carbons (Fsp3) is 0.488. The first-order valence-electron chi connectivity index (χ1n) is 20.4. The third-order valence-electron chi connectivity index (χ3n) is 14.9. The second-order valence-electron chi connectivity index (χ2n) is 17.9. The smallest absolute Gasteiger partial charge is 0.223 e. The molecular weight excluding hydrogens is 791 g/mol. The van der Waals surface area contributed by atoms with Crippen LogP contribution in [0.25, 0.3) is 44.6 Å². The number of nitrogens with zero attached hydrogens (tertiary/aromatic N) is 6. The maximum Gasteiger partial charge on any atom is 0.223 e. The molecule has 16 heteroatoms. The van der Waals surface area contributed by atoms with Gasteiger partial charge in [0.1, 0.15) is 33.5 Å². The molecule has 6 aromatic rings. The van der Waals surface area contributed by atoms with Gasteiger partial charge in [-0.3, -0.25) is 9.97 Å². The van der Waals surface area contributed by atoms with Crippen LogP contribution in [0.2, 0.25) is 10.3 Å². The lowest BCUT2D eigenvalue weighted by atomic mass is 9.76. The number of rotatable bonds is 10. The first kappa shape index (κ1) is 38.4. The van der Waals surface area contributed by atoms with Crippen molar-refractivity contribution in [3.63, 3.8) is 0 Å². The number of aryl methyl sites for hydroxylation is 2. The molecule has 0 radical (unpaired) electrons. The molecule has 59 heavy (non-hydrogen) atoms. The lowest BCUT2D eigenvalue weighted by Gasteiger charge is -2.39. The van der Waals surface area contributed by atoms with Crippen molar-refractivity contribution in [2.45, 2.75) is 103 Å². The number of hydrogen-bond donors (Lipinski definition) is 6. The largest absolute Gasteiger partial charge is 0.454 e. The van der Waals surface area contributed by atoms with Crippen molar-refractivity contribution in [3.8, 4) is 22.6 Å². The summed E-state index contributed by atoms with van der Waals surface area (Å²) in [5.74, 6) is 2.53. The van der Waals surface area contributed by atoms with Gasteiger partial charge in [-0.25, -0.2) is 9.97 Å². The lowest BCUT2D eigenvalue weighted by Crippen LogP contribution is -2.45. The summed E-state index contributed by atoms with van der Waals surface area (Å²) in [6.45, 7) is 12.6. The molecule has 308 valence electrons. The molecule has 0 amide bonds. The number of aromatic nitrogens is 6. The average molecular weight is 840 g/mol. The normalized spacial score (nSPS) is 31.1. The number of nitrogens with one attached hydrogen (secondary N) is 2. The SMILES string of the molecule is CCc1cc2cc(-c3c(Cl)nc(N)nc3NC3(C)CCC4C(O)C43CC(C)c3cc4cc(-c5c(Cl)nc(N)nc5NC5CC6C(O)C6(C)C5C)oc4c(C)n3)oc2cn1. The highest BCUT2D eigenvalue weighted by atomic mass is 35.5. The maximum atomic E-state index is 11.7. The van der Waals surface area contributed by atoms with Crippen molar-refractivity contribution in [1.82, 2.24) is 29.9 Å². The fourth-order valence-electron chi connectivity index (χ4n) is 11.2. The number of aliphatic hydroxyl groups excluding tert-OH is 2. The van der Waals surface area contributed by atoms with E-state index in [0.717, 1.165) is 53.5 Å². The van der Waals surface area contributed by atoms with Crippen LogP contribution in [0, 0.1) is 35.5 Å². The van der Waals surface area contributed by atoms with Crippen molar-refractivity contribution in [1.29, 1.82) is 0 Å². The molecule has 0 aliphatic heterocycles. The zero-order chi connectivity index (χ0) is 41.5. The van der Waals surface area contributed by atoms with Crippen LogP contribution in [0.1, 0.15) is 83.3 Å². The van der Waals surface area contributed by atoms with E-state index in [2.05, 4.69) is 76.2 Å². The number of aliphatic hydroxyl groups is 2. The van der Waals surface area contributed by atoms with Crippen LogP contribution in [0.15, 0.2) is 39.3 Å². The number of pyridine rings is 2. The topological polar surface area (TPSA) is 220 Å². The number of furan rings is 2. The maximum absolute atomic E-state index is 11.7. The second-order valence-corrected chi connectivity index (χ2v) is 18.6. The molecule has 6 heterocycles. The Kier molecular flexibility index (Phi) is 8.55. The highest BCUT2D eigenvalue weighted by Crippen LogP contribution is 2.72. The Morgan fingerprint density at radius 3 is 2.25 bits per heavy atom. The minimum Gasteiger partial charge on any atom is -0.454 e. The van der Waals surface area contributed by atoms with Gasteiger partial charge in [-0.15, -0.1) is 0 Å². The second kappa shape index (κ2) is 13.1. The molecule has 0 aromatic carbocycles. The van der Waals surface area contributed by atoms with Crippen LogP contribution in [-0.2, 0) is 6.42 Å². The summed E-state index contributed by atoms with van der Waals surface area (Å²) >= 11 is 13.6. The molecule has 0 saturated heterocycles. The van der Waals surface area contributed by atoms with E-state index in [9.17, 15) is 10.2 Å². The standard InChI is InChI=1S/C43H48Cl2N10O4/c1-7-22-10-20-12-27(58-29(20)16-48-22)31-36(45)52-40(47)54-38(31)55-41(5)9-8-23-34(57)43(23,41)15-17(2)25-11-21-13-28(59-32(21)19(4)49-25)30-35(44)51-39(46)53-37(30)50-26-14-24-33(56)42(24,6)18(26)3/h10-13,16-18,23-24,26,33-34,56-57H,7-9,14-15H2,1-6H3,(H3,46,50,51,53)(H3,47,52,54,55). The molecule has 0 spiro atoms. The number of hydrogen-bond acceptors (Lipinski definition) is 14. The predicted molar refractivity (Wildman–Crippen MR) is 228 cm³/mol. The average Bonchev–Trinajstić information content (AvgIpc) is 3.54. The molecular formula is C43H48Cl2N10O4. The molecule has 8 N–H and O–H groups in total. The zero-order valence-electron chi connectivity index (χ0n) is 33.8. The van der Waals surface area contributed by atoms with Crippen molar-refractivity contribution in [3.05, 3.63) is 57.9 Å². The Bertz CT molecular complexity index is 2710. The van der Waals surface area contributed by atoms with Gasteiger partial charge in [0.05, 0.1) is 35.2 Å². The number of halogens is 2. The van der Waals surface area contributed by atoms with Crippen LogP contribution in [0.4, 0.5) is 23.5 Å². The molecule has 4 aliphatic rings. The number of anilines is 4. The van der Waals surface area contributed by atoms with Gasteiger partial charge in [-0.2, -0.15) is 9.97 Å². The van der Waals surface area contributed by atoms with Crippen molar-refractivity contribution < 1.29 is 19.0 Å². The van der Waals surface area contributed by atoms with Crippen molar-refractivity contribution >= 4 is 68.7 Å². The Hall–Kier alpha value is -4.76. The summed E-state index contributed by atoms with van der Waals surface area (Å²) in [6, 6.07) is 8.00. The molecule has 10 rings (SSSR count). The van der Waals surface area contributed by atoms with Crippen molar-refractivity contribution in [2.75, 3.05) is 22.1 Å². The van der Waals surface area contributed by atoms with E-state index in [4.69, 9.17) is 48.5 Å². The summed E-state index contributed by atoms with van der Waals surface area (Å²) in [6.07, 6.45) is 4.82. The molecule has 10 unspecified atom stereocenters. The predicted octanol–water partition coefficient (Wildman–Crippen LogP) is 8.18. The molecule has 6 aromatic heterocycles. The number of nitrogens with two attached hydrogens (primary N) is 2. The number of fused-ring (bicyclic) bond motifs is 4. The van der Waals surface area contributed by atoms with Gasteiger partial charge in [0.15, 0.2) is 11.2 Å². The van der Waals surface area contributed by atoms with Gasteiger partial charge in [0.2, 0.25) is 11.9 Å². The Morgan fingerprint density at radius 2 is 1.58 bits per heavy atom. The van der Waals surface area contributed by atoms with Gasteiger partial charge < -0.3 is 41.1 Å². The Balaban J connectivity index is 0.947. The van der Waals surface area contributed by atoms with E-state index in [-0.39, 0.29) is 63.4 Å². The van der Waals surface area contributed by atoms with Crippen LogP contribution >= 0.6 is 23.2 Å². The number of nitrogen functional groups attached to an aromatic ring is 2. The van der Waals surface area contributed by atoms with E-state index in [1.54, 1.807) is 6.20 Å². The van der Waals surface area contributed by atoms with Gasteiger partial charge in [0, 0.05) is 44.6 Å². The monoisotopic (exact) mass is 838 g/mol. The van der Waals surface area contributed by atoms with Crippen molar-refractivity contribution in [2.24, 2.45) is 28.6 Å². The van der Waals surface area contributed by atoms with Crippen LogP contribution in [0.3, 0.4) is 0 Å². The minimum absolute atomic E-state index is 0.0325. The van der Waals surface area contributed by atoms with E-state index in [1.165, 1.54) is 0 Å². The van der Waals surface area contributed by atoms with Gasteiger partial charge in [0.25, 0.3) is 0 Å². The Morgan fingerprint density at radius 1 is 0.898 bits per heavy atom. The molecule has 4 fully saturated rings. The molecule has 4 saturated carbocycles.